The number of nitrogens with one attached hydrogen (secondary N) is 1. The van der Waals surface area contributed by atoms with Crippen LogP contribution in [0.2, 0.25) is 0 Å². The van der Waals surface area contributed by atoms with Gasteiger partial charge in [0.2, 0.25) is 5.91 Å². The van der Waals surface area contributed by atoms with Gasteiger partial charge in [0.05, 0.1) is 24.3 Å². The molecule has 2 atom stereocenters. The molecule has 0 heterocycles. The largest absolute Gasteiger partial charge is 0.495 e. The molecule has 1 saturated carbocycles. The summed E-state index contributed by atoms with van der Waals surface area (Å²) in [4.78, 5) is 23.4. The lowest BCUT2D eigenvalue weighted by molar-refractivity contribution is -0.121. The Labute approximate surface area is 123 Å². The molecule has 0 spiro atoms. The molecule has 1 fully saturated rings. The highest BCUT2D eigenvalue weighted by molar-refractivity contribution is 5.97. The van der Waals surface area contributed by atoms with Gasteiger partial charge in [-0.1, -0.05) is 12.8 Å². The van der Waals surface area contributed by atoms with Crippen molar-refractivity contribution in [3.05, 3.63) is 23.8 Å². The molecule has 0 radical (unpaired) electrons. The third-order valence-corrected chi connectivity index (χ3v) is 3.86. The Kier molecular flexibility index (Phi) is 4.80. The van der Waals surface area contributed by atoms with Crippen LogP contribution in [-0.4, -0.2) is 30.1 Å². The summed E-state index contributed by atoms with van der Waals surface area (Å²) in [5, 5.41) is 11.8. The van der Waals surface area contributed by atoms with Crippen LogP contribution < -0.4 is 15.8 Å². The number of carboxylic acid groups (broad SMARTS) is 1. The highest BCUT2D eigenvalue weighted by Crippen LogP contribution is 2.29. The molecule has 2 unspecified atom stereocenters. The van der Waals surface area contributed by atoms with Gasteiger partial charge in [-0.3, -0.25) is 4.79 Å². The van der Waals surface area contributed by atoms with Crippen LogP contribution in [0.5, 0.6) is 5.75 Å². The molecule has 1 aliphatic rings. The second-order valence-corrected chi connectivity index (χ2v) is 5.26. The van der Waals surface area contributed by atoms with E-state index in [1.165, 1.54) is 25.3 Å². The van der Waals surface area contributed by atoms with E-state index in [9.17, 15) is 9.59 Å². The van der Waals surface area contributed by atoms with Gasteiger partial charge in [0.25, 0.3) is 0 Å². The Morgan fingerprint density at radius 3 is 2.67 bits per heavy atom. The lowest BCUT2D eigenvalue weighted by Crippen LogP contribution is -2.40. The number of anilines is 1. The normalized spacial score (nSPS) is 21.6. The lowest BCUT2D eigenvalue weighted by Gasteiger charge is -2.27. The zero-order chi connectivity index (χ0) is 15.4. The number of hydrogen-bond donors (Lipinski definition) is 3. The Morgan fingerprint density at radius 2 is 2.05 bits per heavy atom. The maximum absolute atomic E-state index is 12.3. The lowest BCUT2D eigenvalue weighted by atomic mass is 9.84. The number of nitrogens with two attached hydrogens (primary N) is 1. The van der Waals surface area contributed by atoms with Gasteiger partial charge in [-0.15, -0.1) is 0 Å². The summed E-state index contributed by atoms with van der Waals surface area (Å²) in [6.07, 6.45) is 3.62. The minimum atomic E-state index is -1.05. The molecule has 2 rings (SSSR count). The van der Waals surface area contributed by atoms with E-state index in [0.29, 0.717) is 11.4 Å². The quantitative estimate of drug-likeness (QED) is 0.786. The molecule has 1 aromatic rings. The fraction of sp³-hybridized carbons (Fsp3) is 0.467. The molecule has 0 aromatic heterocycles. The molecule has 0 saturated heterocycles. The summed E-state index contributed by atoms with van der Waals surface area (Å²) in [7, 11) is 1.47. The number of carboxylic acids is 1. The van der Waals surface area contributed by atoms with E-state index in [0.717, 1.165) is 25.7 Å². The van der Waals surface area contributed by atoms with Gasteiger partial charge in [-0.2, -0.15) is 0 Å². The number of carbonyl (C=O) groups excluding carboxylic acids is 1. The molecule has 0 bridgehead atoms. The van der Waals surface area contributed by atoms with Gasteiger partial charge >= 0.3 is 5.97 Å². The first-order valence-electron chi connectivity index (χ1n) is 7.00. The number of aromatic carboxylic acids is 1. The SMILES string of the molecule is COc1ccc(C(=O)O)cc1NC(=O)C1CCCCC1N. The van der Waals surface area contributed by atoms with Crippen LogP contribution in [0.4, 0.5) is 5.69 Å². The standard InChI is InChI=1S/C15H20N2O4/c1-21-13-7-6-9(15(19)20)8-12(13)17-14(18)10-4-2-3-5-11(10)16/h6-8,10-11H,2-5,16H2,1H3,(H,17,18)(H,19,20). The van der Waals surface area contributed by atoms with E-state index in [1.54, 1.807) is 0 Å². The van der Waals surface area contributed by atoms with Gasteiger partial charge in [-0.05, 0) is 31.0 Å². The third-order valence-electron chi connectivity index (χ3n) is 3.86. The van der Waals surface area contributed by atoms with Crippen molar-refractivity contribution in [1.82, 2.24) is 0 Å². The predicted molar refractivity (Wildman–Crippen MR) is 78.5 cm³/mol. The van der Waals surface area contributed by atoms with Gasteiger partial charge in [0.1, 0.15) is 5.75 Å². The summed E-state index contributed by atoms with van der Waals surface area (Å²) >= 11 is 0. The summed E-state index contributed by atoms with van der Waals surface area (Å²) in [6.45, 7) is 0. The molecule has 6 nitrogen and oxygen atoms in total. The van der Waals surface area contributed by atoms with Gasteiger partial charge in [0.15, 0.2) is 0 Å². The smallest absolute Gasteiger partial charge is 0.335 e. The van der Waals surface area contributed by atoms with Crippen LogP contribution in [0, 0.1) is 5.92 Å². The summed E-state index contributed by atoms with van der Waals surface area (Å²) in [6, 6.07) is 4.21. The molecule has 6 heteroatoms. The summed E-state index contributed by atoms with van der Waals surface area (Å²) < 4.78 is 5.16. The number of methoxy groups -OCH3 is 1. The second-order valence-electron chi connectivity index (χ2n) is 5.26. The average molecular weight is 292 g/mol. The predicted octanol–water partition coefficient (Wildman–Crippen LogP) is 1.85. The third kappa shape index (κ3) is 3.52. The maximum atomic E-state index is 12.3. The number of hydrogen-bond acceptors (Lipinski definition) is 4. The van der Waals surface area contributed by atoms with Crippen molar-refractivity contribution >= 4 is 17.6 Å². The van der Waals surface area contributed by atoms with E-state index in [1.807, 2.05) is 0 Å². The van der Waals surface area contributed by atoms with Crippen molar-refractivity contribution in [2.45, 2.75) is 31.7 Å². The Hall–Kier alpha value is -2.08. The second kappa shape index (κ2) is 6.58. The van der Waals surface area contributed by atoms with E-state index in [4.69, 9.17) is 15.6 Å². The topological polar surface area (TPSA) is 102 Å². The van der Waals surface area contributed by atoms with Crippen LogP contribution in [0.3, 0.4) is 0 Å². The highest BCUT2D eigenvalue weighted by atomic mass is 16.5. The maximum Gasteiger partial charge on any atom is 0.335 e. The average Bonchev–Trinajstić information content (AvgIpc) is 2.47. The molecular formula is C15H20N2O4. The molecular weight excluding hydrogens is 272 g/mol. The fourth-order valence-corrected chi connectivity index (χ4v) is 2.65. The molecule has 1 aliphatic carbocycles. The van der Waals surface area contributed by atoms with Crippen LogP contribution in [0.15, 0.2) is 18.2 Å². The van der Waals surface area contributed by atoms with Crippen molar-refractivity contribution < 1.29 is 19.4 Å². The van der Waals surface area contributed by atoms with E-state index < -0.39 is 5.97 Å². The Balaban J connectivity index is 2.19. The Morgan fingerprint density at radius 1 is 1.33 bits per heavy atom. The monoisotopic (exact) mass is 292 g/mol. The molecule has 0 aliphatic heterocycles. The summed E-state index contributed by atoms with van der Waals surface area (Å²) in [5.41, 5.74) is 6.45. The highest BCUT2D eigenvalue weighted by Gasteiger charge is 2.28. The first-order chi connectivity index (χ1) is 10.0. The molecule has 1 aromatic carbocycles. The van der Waals surface area contributed by atoms with Crippen molar-refractivity contribution in [1.29, 1.82) is 0 Å². The van der Waals surface area contributed by atoms with Crippen LogP contribution in [-0.2, 0) is 4.79 Å². The van der Waals surface area contributed by atoms with Gasteiger partial charge in [0, 0.05) is 6.04 Å². The fourth-order valence-electron chi connectivity index (χ4n) is 2.65. The minimum Gasteiger partial charge on any atom is -0.495 e. The zero-order valence-electron chi connectivity index (χ0n) is 12.0. The van der Waals surface area contributed by atoms with Gasteiger partial charge in [-0.25, -0.2) is 4.79 Å². The van der Waals surface area contributed by atoms with Crippen molar-refractivity contribution in [3.63, 3.8) is 0 Å². The van der Waals surface area contributed by atoms with E-state index >= 15 is 0 Å². The molecule has 114 valence electrons. The number of ether oxygens (including phenoxy) is 1. The van der Waals surface area contributed by atoms with Crippen molar-refractivity contribution in [2.75, 3.05) is 12.4 Å². The molecule has 4 N–H and O–H groups in total. The van der Waals surface area contributed by atoms with Crippen molar-refractivity contribution in [2.24, 2.45) is 11.7 Å². The number of rotatable bonds is 4. The first-order valence-corrected chi connectivity index (χ1v) is 7.00. The van der Waals surface area contributed by atoms with Crippen LogP contribution in [0.25, 0.3) is 0 Å². The minimum absolute atomic E-state index is 0.0963. The van der Waals surface area contributed by atoms with Gasteiger partial charge < -0.3 is 20.9 Å². The van der Waals surface area contributed by atoms with Crippen LogP contribution >= 0.6 is 0 Å². The summed E-state index contributed by atoms with van der Waals surface area (Å²) in [5.74, 6) is -1.04. The number of amides is 1. The van der Waals surface area contributed by atoms with Crippen molar-refractivity contribution in [3.8, 4) is 5.75 Å². The first kappa shape index (κ1) is 15.3. The number of carbonyl (C=O) groups is 2. The van der Waals surface area contributed by atoms with Crippen LogP contribution in [0.1, 0.15) is 36.0 Å². The number of benzene rings is 1. The molecule has 21 heavy (non-hydrogen) atoms. The van der Waals surface area contributed by atoms with E-state index in [2.05, 4.69) is 5.32 Å². The molecule has 1 amide bonds. The zero-order valence-corrected chi connectivity index (χ0v) is 12.0. The Bertz CT molecular complexity index is 544. The van der Waals surface area contributed by atoms with E-state index in [-0.39, 0.29) is 23.4 Å².